The summed E-state index contributed by atoms with van der Waals surface area (Å²) < 4.78 is 0. The van der Waals surface area contributed by atoms with Crippen LogP contribution in [-0.4, -0.2) is 84.3 Å². The molecular formula is C27H31Cl2N3O4S. The second-order valence-corrected chi connectivity index (χ2v) is 11.1. The predicted molar refractivity (Wildman–Crippen MR) is 149 cm³/mol. The Kier molecular flexibility index (Phi) is 9.78. The van der Waals surface area contributed by atoms with E-state index in [0.717, 1.165) is 41.7 Å². The number of aliphatic hydroxyl groups is 1. The predicted octanol–water partition coefficient (Wildman–Crippen LogP) is 4.60. The van der Waals surface area contributed by atoms with E-state index in [2.05, 4.69) is 15.9 Å². The first-order chi connectivity index (χ1) is 17.9. The number of piperazine rings is 1. The van der Waals surface area contributed by atoms with Crippen molar-refractivity contribution in [2.45, 2.75) is 22.6 Å². The van der Waals surface area contributed by atoms with E-state index in [4.69, 9.17) is 28.3 Å². The van der Waals surface area contributed by atoms with Gasteiger partial charge in [-0.05, 0) is 48.7 Å². The summed E-state index contributed by atoms with van der Waals surface area (Å²) in [5.74, 6) is -1.05. The molecule has 0 unspecified atom stereocenters. The minimum absolute atomic E-state index is 0.0708. The summed E-state index contributed by atoms with van der Waals surface area (Å²) in [5.41, 5.74) is 1.74. The quantitative estimate of drug-likeness (QED) is 0.454. The maximum Gasteiger partial charge on any atom is 0.306 e. The number of benzene rings is 2. The maximum atomic E-state index is 12.6. The fourth-order valence-electron chi connectivity index (χ4n) is 4.61. The van der Waals surface area contributed by atoms with Gasteiger partial charge < -0.3 is 20.0 Å². The third-order valence-corrected chi connectivity index (χ3v) is 8.90. The van der Waals surface area contributed by atoms with Crippen LogP contribution < -0.4 is 4.90 Å². The molecule has 0 bridgehead atoms. The normalized spacial score (nSPS) is 17.5. The largest absolute Gasteiger partial charge is 0.481 e. The van der Waals surface area contributed by atoms with Gasteiger partial charge in [0.2, 0.25) is 5.91 Å². The summed E-state index contributed by atoms with van der Waals surface area (Å²) in [6, 6.07) is 11.9. The summed E-state index contributed by atoms with van der Waals surface area (Å²) in [7, 11) is 0. The van der Waals surface area contributed by atoms with Crippen LogP contribution in [0.2, 0.25) is 10.0 Å². The molecule has 2 aliphatic rings. The van der Waals surface area contributed by atoms with Crippen LogP contribution in [0.25, 0.3) is 6.08 Å². The van der Waals surface area contributed by atoms with E-state index in [0.29, 0.717) is 48.1 Å². The lowest BCUT2D eigenvalue weighted by atomic mass is 9.97. The molecule has 2 aliphatic heterocycles. The van der Waals surface area contributed by atoms with E-state index in [1.54, 1.807) is 11.0 Å². The highest BCUT2D eigenvalue weighted by Crippen LogP contribution is 2.40. The number of amides is 1. The number of aliphatic hydroxyl groups excluding tert-OH is 1. The number of nitrogens with zero attached hydrogens (tertiary/aromatic N) is 3. The van der Waals surface area contributed by atoms with Gasteiger partial charge in [-0.2, -0.15) is 0 Å². The molecule has 1 amide bonds. The monoisotopic (exact) mass is 563 g/mol. The van der Waals surface area contributed by atoms with Crippen LogP contribution in [0.5, 0.6) is 0 Å². The minimum Gasteiger partial charge on any atom is -0.481 e. The molecule has 7 nitrogen and oxygen atoms in total. The van der Waals surface area contributed by atoms with Crippen molar-refractivity contribution in [1.82, 2.24) is 9.80 Å². The van der Waals surface area contributed by atoms with E-state index in [1.165, 1.54) is 17.8 Å². The van der Waals surface area contributed by atoms with E-state index >= 15 is 0 Å². The van der Waals surface area contributed by atoms with Crippen molar-refractivity contribution in [2.75, 3.05) is 57.3 Å². The number of rotatable bonds is 8. The molecule has 0 atom stereocenters. The van der Waals surface area contributed by atoms with Crippen LogP contribution in [0.15, 0.2) is 52.3 Å². The van der Waals surface area contributed by atoms with Gasteiger partial charge in [0.15, 0.2) is 0 Å². The Labute approximate surface area is 231 Å². The highest BCUT2D eigenvalue weighted by Gasteiger charge is 2.25. The van der Waals surface area contributed by atoms with E-state index in [9.17, 15) is 14.7 Å². The van der Waals surface area contributed by atoms with Crippen LogP contribution in [0.1, 0.15) is 18.4 Å². The molecule has 0 radical (unpaired) electrons. The molecule has 2 N–H and O–H groups in total. The summed E-state index contributed by atoms with van der Waals surface area (Å²) in [4.78, 5) is 31.8. The maximum absolute atomic E-state index is 12.6. The molecule has 2 aromatic carbocycles. The van der Waals surface area contributed by atoms with Gasteiger partial charge in [-0.1, -0.05) is 47.1 Å². The smallest absolute Gasteiger partial charge is 0.306 e. The molecule has 2 aromatic rings. The minimum atomic E-state index is -0.713. The number of anilines is 1. The van der Waals surface area contributed by atoms with Crippen molar-refractivity contribution in [1.29, 1.82) is 0 Å². The van der Waals surface area contributed by atoms with Crippen LogP contribution in [0, 0.1) is 5.92 Å². The third-order valence-electron chi connectivity index (χ3n) is 6.84. The first kappa shape index (κ1) is 27.8. The molecule has 10 heteroatoms. The highest BCUT2D eigenvalue weighted by molar-refractivity contribution is 7.99. The first-order valence-electron chi connectivity index (χ1n) is 12.4. The zero-order valence-corrected chi connectivity index (χ0v) is 22.8. The molecule has 0 spiro atoms. The Balaban J connectivity index is 1.38. The Morgan fingerprint density at radius 1 is 1.00 bits per heavy atom. The number of β-amino-alcohol motifs (C(OH)–C–C–N with tert-alkyl or cyclic N) is 1. The number of piperidine rings is 1. The highest BCUT2D eigenvalue weighted by atomic mass is 35.5. The lowest BCUT2D eigenvalue weighted by Gasteiger charge is -2.33. The van der Waals surface area contributed by atoms with Gasteiger partial charge in [-0.3, -0.25) is 14.5 Å². The summed E-state index contributed by atoms with van der Waals surface area (Å²) in [6.07, 6.45) is 4.52. The van der Waals surface area contributed by atoms with E-state index < -0.39 is 5.97 Å². The van der Waals surface area contributed by atoms with Crippen molar-refractivity contribution >= 4 is 58.6 Å². The van der Waals surface area contributed by atoms with Gasteiger partial charge >= 0.3 is 5.97 Å². The molecule has 2 fully saturated rings. The van der Waals surface area contributed by atoms with Gasteiger partial charge in [0.1, 0.15) is 0 Å². The SMILES string of the molecule is O=C(O)C1CCN(c2cccc(Sc3ccc(C=CC(=O)N4CCN(CCO)CC4)c(Cl)c3Cl)c2)CC1. The van der Waals surface area contributed by atoms with E-state index in [1.807, 2.05) is 30.3 Å². The molecule has 4 rings (SSSR count). The molecule has 37 heavy (non-hydrogen) atoms. The molecule has 0 aliphatic carbocycles. The zero-order chi connectivity index (χ0) is 26.4. The number of carboxylic acid groups (broad SMARTS) is 1. The fraction of sp³-hybridized carbons (Fsp3) is 0.407. The van der Waals surface area contributed by atoms with Crippen LogP contribution >= 0.6 is 35.0 Å². The summed E-state index contributed by atoms with van der Waals surface area (Å²) in [6.45, 7) is 4.95. The number of aliphatic carboxylic acids is 1. The van der Waals surface area contributed by atoms with Gasteiger partial charge in [0.05, 0.1) is 22.6 Å². The summed E-state index contributed by atoms with van der Waals surface area (Å²) in [5, 5.41) is 19.1. The number of carboxylic acids is 1. The second kappa shape index (κ2) is 13.0. The molecule has 0 aromatic heterocycles. The van der Waals surface area contributed by atoms with Crippen molar-refractivity contribution in [3.63, 3.8) is 0 Å². The van der Waals surface area contributed by atoms with Crippen molar-refractivity contribution in [2.24, 2.45) is 5.92 Å². The molecule has 198 valence electrons. The zero-order valence-electron chi connectivity index (χ0n) is 20.5. The van der Waals surface area contributed by atoms with Crippen molar-refractivity contribution in [3.8, 4) is 0 Å². The Morgan fingerprint density at radius 3 is 2.41 bits per heavy atom. The van der Waals surface area contributed by atoms with Crippen LogP contribution in [0.3, 0.4) is 0 Å². The van der Waals surface area contributed by atoms with Gasteiger partial charge in [-0.25, -0.2) is 0 Å². The molecule has 2 heterocycles. The number of halogens is 2. The van der Waals surface area contributed by atoms with Crippen molar-refractivity contribution in [3.05, 3.63) is 58.1 Å². The summed E-state index contributed by atoms with van der Waals surface area (Å²) >= 11 is 14.7. The Hall–Kier alpha value is -2.23. The van der Waals surface area contributed by atoms with Gasteiger partial charge in [0.25, 0.3) is 0 Å². The molecule has 2 saturated heterocycles. The van der Waals surface area contributed by atoms with Gasteiger partial charge in [-0.15, -0.1) is 0 Å². The van der Waals surface area contributed by atoms with Gasteiger partial charge in [0, 0.05) is 67.4 Å². The Morgan fingerprint density at radius 2 is 1.73 bits per heavy atom. The second-order valence-electron chi connectivity index (χ2n) is 9.20. The number of hydrogen-bond donors (Lipinski definition) is 2. The van der Waals surface area contributed by atoms with E-state index in [-0.39, 0.29) is 18.4 Å². The Bertz CT molecular complexity index is 1150. The average molecular weight is 565 g/mol. The average Bonchev–Trinajstić information content (AvgIpc) is 2.91. The lowest BCUT2D eigenvalue weighted by Crippen LogP contribution is -2.48. The first-order valence-corrected chi connectivity index (χ1v) is 14.0. The van der Waals surface area contributed by atoms with Crippen LogP contribution in [0.4, 0.5) is 5.69 Å². The third kappa shape index (κ3) is 7.21. The standard InChI is InChI=1S/C27H31Cl2N3O4S/c28-25-19(5-7-24(34)32-14-12-30(13-15-32)16-17-33)4-6-23(26(25)29)37-22-3-1-2-21(18-22)31-10-8-20(9-11-31)27(35)36/h1-7,18,20,33H,8-17H2,(H,35,36). The lowest BCUT2D eigenvalue weighted by molar-refractivity contribution is -0.142. The fourth-order valence-corrected chi connectivity index (χ4v) is 6.09. The topological polar surface area (TPSA) is 84.3 Å². The van der Waals surface area contributed by atoms with Crippen molar-refractivity contribution < 1.29 is 19.8 Å². The number of hydrogen-bond acceptors (Lipinski definition) is 6. The number of carbonyl (C=O) groups excluding carboxylic acids is 1. The molecule has 0 saturated carbocycles. The number of carbonyl (C=O) groups is 2. The molecular weight excluding hydrogens is 533 g/mol. The van der Waals surface area contributed by atoms with Crippen LogP contribution in [-0.2, 0) is 9.59 Å².